The summed E-state index contributed by atoms with van der Waals surface area (Å²) in [6.45, 7) is 0.284. The second-order valence-electron chi connectivity index (χ2n) is 2.59. The summed E-state index contributed by atoms with van der Waals surface area (Å²) in [5, 5.41) is 1.58. The maximum absolute atomic E-state index is 10.6. The molecule has 0 aliphatic rings. The van der Waals surface area contributed by atoms with Crippen molar-refractivity contribution < 1.29 is 4.79 Å². The molecule has 0 saturated heterocycles. The Labute approximate surface area is 81.0 Å². The van der Waals surface area contributed by atoms with Gasteiger partial charge in [0.05, 0.1) is 6.54 Å². The normalized spacial score (nSPS) is 9.69. The van der Waals surface area contributed by atoms with Crippen molar-refractivity contribution in [3.05, 3.63) is 34.9 Å². The van der Waals surface area contributed by atoms with Crippen LogP contribution < -0.4 is 11.6 Å². The van der Waals surface area contributed by atoms with Crippen LogP contribution in [0, 0.1) is 0 Å². The van der Waals surface area contributed by atoms with Gasteiger partial charge in [0.1, 0.15) is 0 Å². The fraction of sp³-hybridized carbons (Fsp3) is 0.125. The lowest BCUT2D eigenvalue weighted by molar-refractivity contribution is 0.206. The molecular formula is C8H10ClN3O. The molecule has 0 aromatic heterocycles. The van der Waals surface area contributed by atoms with Crippen LogP contribution in [-0.2, 0) is 6.54 Å². The van der Waals surface area contributed by atoms with Gasteiger partial charge in [-0.2, -0.15) is 0 Å². The Morgan fingerprint density at radius 1 is 1.38 bits per heavy atom. The molecule has 2 amide bonds. The van der Waals surface area contributed by atoms with Gasteiger partial charge in [-0.15, -0.1) is 0 Å². The first-order chi connectivity index (χ1) is 6.09. The molecular weight excluding hydrogens is 190 g/mol. The predicted octanol–water partition coefficient (Wildman–Crippen LogP) is 1.09. The second-order valence-corrected chi connectivity index (χ2v) is 3.03. The highest BCUT2D eigenvalue weighted by atomic mass is 35.5. The number of urea groups is 1. The number of amides is 2. The van der Waals surface area contributed by atoms with E-state index in [1.165, 1.54) is 0 Å². The number of carbonyl (C=O) groups excluding carboxylic acids is 1. The van der Waals surface area contributed by atoms with Crippen molar-refractivity contribution in [1.29, 1.82) is 0 Å². The summed E-state index contributed by atoms with van der Waals surface area (Å²) in [5.41, 5.74) is 5.83. The van der Waals surface area contributed by atoms with E-state index in [4.69, 9.17) is 23.2 Å². The van der Waals surface area contributed by atoms with Crippen molar-refractivity contribution in [2.24, 2.45) is 11.6 Å². The van der Waals surface area contributed by atoms with Gasteiger partial charge in [-0.05, 0) is 17.7 Å². The predicted molar refractivity (Wildman–Crippen MR) is 50.8 cm³/mol. The van der Waals surface area contributed by atoms with Crippen LogP contribution in [0.4, 0.5) is 4.79 Å². The number of rotatable bonds is 2. The molecule has 13 heavy (non-hydrogen) atoms. The molecule has 0 aliphatic heterocycles. The standard InChI is InChI=1S/C8H10ClN3O/c9-7-3-1-6(2-4-7)5-12(11)8(10)13/h1-4H,5,11H2,(H2,10,13). The zero-order valence-electron chi connectivity index (χ0n) is 6.90. The van der Waals surface area contributed by atoms with Crippen LogP contribution in [0.3, 0.4) is 0 Å². The van der Waals surface area contributed by atoms with E-state index < -0.39 is 6.03 Å². The van der Waals surface area contributed by atoms with Crippen LogP contribution >= 0.6 is 11.6 Å². The molecule has 1 rings (SSSR count). The molecule has 0 bridgehead atoms. The highest BCUT2D eigenvalue weighted by Crippen LogP contribution is 2.10. The molecule has 0 heterocycles. The third-order valence-corrected chi connectivity index (χ3v) is 1.80. The highest BCUT2D eigenvalue weighted by molar-refractivity contribution is 6.30. The van der Waals surface area contributed by atoms with Crippen molar-refractivity contribution in [2.45, 2.75) is 6.54 Å². The third kappa shape index (κ3) is 2.93. The zero-order chi connectivity index (χ0) is 9.84. The minimum absolute atomic E-state index is 0.284. The third-order valence-electron chi connectivity index (χ3n) is 1.55. The summed E-state index contributed by atoms with van der Waals surface area (Å²) in [4.78, 5) is 10.6. The Morgan fingerprint density at radius 3 is 2.38 bits per heavy atom. The van der Waals surface area contributed by atoms with Crippen LogP contribution in [0.1, 0.15) is 5.56 Å². The molecule has 0 unspecified atom stereocenters. The second kappa shape index (κ2) is 4.11. The van der Waals surface area contributed by atoms with Crippen molar-refractivity contribution in [2.75, 3.05) is 0 Å². The molecule has 70 valence electrons. The molecule has 0 fully saturated rings. The number of hydrazine groups is 1. The fourth-order valence-electron chi connectivity index (χ4n) is 0.864. The molecule has 5 heteroatoms. The Bertz CT molecular complexity index is 299. The van der Waals surface area contributed by atoms with E-state index in [0.717, 1.165) is 10.6 Å². The number of primary amides is 1. The van der Waals surface area contributed by atoms with Crippen LogP contribution in [0.15, 0.2) is 24.3 Å². The zero-order valence-corrected chi connectivity index (χ0v) is 7.66. The Hall–Kier alpha value is -1.26. The SMILES string of the molecule is NC(=O)N(N)Cc1ccc(Cl)cc1. The van der Waals surface area contributed by atoms with Crippen molar-refractivity contribution >= 4 is 17.6 Å². The Balaban J connectivity index is 2.64. The minimum Gasteiger partial charge on any atom is -0.350 e. The number of hydrogen-bond donors (Lipinski definition) is 2. The number of hydrogen-bond acceptors (Lipinski definition) is 2. The summed E-state index contributed by atoms with van der Waals surface area (Å²) in [5.74, 6) is 5.31. The lowest BCUT2D eigenvalue weighted by Gasteiger charge is -2.13. The van der Waals surface area contributed by atoms with Gasteiger partial charge in [0.15, 0.2) is 0 Å². The molecule has 1 aromatic carbocycles. The largest absolute Gasteiger partial charge is 0.350 e. The van der Waals surface area contributed by atoms with E-state index in [1.54, 1.807) is 24.3 Å². The lowest BCUT2D eigenvalue weighted by Crippen LogP contribution is -2.40. The van der Waals surface area contributed by atoms with Gasteiger partial charge in [0, 0.05) is 5.02 Å². The maximum Gasteiger partial charge on any atom is 0.329 e. The van der Waals surface area contributed by atoms with Crippen LogP contribution in [0.2, 0.25) is 5.02 Å². The average molecular weight is 200 g/mol. The van der Waals surface area contributed by atoms with E-state index in [0.29, 0.717) is 5.02 Å². The van der Waals surface area contributed by atoms with Crippen LogP contribution in [0.25, 0.3) is 0 Å². The Kier molecular flexibility index (Phi) is 3.11. The van der Waals surface area contributed by atoms with Gasteiger partial charge < -0.3 is 5.73 Å². The monoisotopic (exact) mass is 199 g/mol. The molecule has 0 spiro atoms. The quantitative estimate of drug-likeness (QED) is 0.425. The van der Waals surface area contributed by atoms with E-state index in [2.05, 4.69) is 0 Å². The molecule has 1 aromatic rings. The summed E-state index contributed by atoms with van der Waals surface area (Å²) in [7, 11) is 0. The molecule has 4 nitrogen and oxygen atoms in total. The number of carbonyl (C=O) groups is 1. The topological polar surface area (TPSA) is 72.4 Å². The number of nitrogens with zero attached hydrogens (tertiary/aromatic N) is 1. The first-order valence-corrected chi connectivity index (χ1v) is 4.03. The van der Waals surface area contributed by atoms with Gasteiger partial charge in [-0.1, -0.05) is 23.7 Å². The van der Waals surface area contributed by atoms with Gasteiger partial charge in [-0.3, -0.25) is 5.01 Å². The minimum atomic E-state index is -0.657. The van der Waals surface area contributed by atoms with E-state index in [9.17, 15) is 4.79 Å². The average Bonchev–Trinajstić information content (AvgIpc) is 2.08. The number of halogens is 1. The molecule has 0 aliphatic carbocycles. The van der Waals surface area contributed by atoms with E-state index >= 15 is 0 Å². The van der Waals surface area contributed by atoms with Gasteiger partial charge in [0.25, 0.3) is 0 Å². The summed E-state index contributed by atoms with van der Waals surface area (Å²) < 4.78 is 0. The van der Waals surface area contributed by atoms with Crippen molar-refractivity contribution in [1.82, 2.24) is 5.01 Å². The van der Waals surface area contributed by atoms with Gasteiger partial charge in [0.2, 0.25) is 0 Å². The van der Waals surface area contributed by atoms with Gasteiger partial charge in [-0.25, -0.2) is 10.6 Å². The van der Waals surface area contributed by atoms with E-state index in [1.807, 2.05) is 0 Å². The number of benzene rings is 1. The van der Waals surface area contributed by atoms with Crippen molar-refractivity contribution in [3.8, 4) is 0 Å². The lowest BCUT2D eigenvalue weighted by atomic mass is 10.2. The van der Waals surface area contributed by atoms with Gasteiger partial charge >= 0.3 is 6.03 Å². The maximum atomic E-state index is 10.6. The first kappa shape index (κ1) is 9.83. The fourth-order valence-corrected chi connectivity index (χ4v) is 0.990. The molecule has 0 atom stereocenters. The summed E-state index contributed by atoms with van der Waals surface area (Å²) in [6.07, 6.45) is 0. The number of nitrogens with two attached hydrogens (primary N) is 2. The Morgan fingerprint density at radius 2 is 1.92 bits per heavy atom. The van der Waals surface area contributed by atoms with Crippen molar-refractivity contribution in [3.63, 3.8) is 0 Å². The highest BCUT2D eigenvalue weighted by Gasteiger charge is 2.03. The van der Waals surface area contributed by atoms with Crippen LogP contribution in [0.5, 0.6) is 0 Å². The smallest absolute Gasteiger partial charge is 0.329 e. The first-order valence-electron chi connectivity index (χ1n) is 3.65. The van der Waals surface area contributed by atoms with Crippen LogP contribution in [-0.4, -0.2) is 11.0 Å². The van der Waals surface area contributed by atoms with E-state index in [-0.39, 0.29) is 6.54 Å². The molecule has 4 N–H and O–H groups in total. The molecule has 0 radical (unpaired) electrons. The summed E-state index contributed by atoms with van der Waals surface area (Å²) >= 11 is 5.67. The molecule has 0 saturated carbocycles. The summed E-state index contributed by atoms with van der Waals surface area (Å²) in [6, 6.07) is 6.36.